The first-order chi connectivity index (χ1) is 17.5. The van der Waals surface area contributed by atoms with Gasteiger partial charge in [-0.1, -0.05) is 107 Å². The second-order valence-corrected chi connectivity index (χ2v) is 9.36. The van der Waals surface area contributed by atoms with Crippen LogP contribution in [0.3, 0.4) is 0 Å². The van der Waals surface area contributed by atoms with E-state index in [-0.39, 0.29) is 11.3 Å². The van der Waals surface area contributed by atoms with Crippen LogP contribution in [0, 0.1) is 18.3 Å². The first kappa shape index (κ1) is 27.0. The molecule has 0 bridgehead atoms. The Labute approximate surface area is 215 Å². The van der Waals surface area contributed by atoms with Crippen LogP contribution in [0.4, 0.5) is 10.1 Å². The number of hydrogen-bond acceptors (Lipinski definition) is 2. The molecule has 1 unspecified atom stereocenters. The van der Waals surface area contributed by atoms with Crippen molar-refractivity contribution in [1.82, 2.24) is 0 Å². The summed E-state index contributed by atoms with van der Waals surface area (Å²) in [5, 5.41) is 9.56. The molecule has 188 valence electrons. The average molecular weight is 486 g/mol. The summed E-state index contributed by atoms with van der Waals surface area (Å²) in [7, 11) is 0. The Balaban J connectivity index is 2.22. The van der Waals surface area contributed by atoms with Gasteiger partial charge < -0.3 is 5.11 Å². The van der Waals surface area contributed by atoms with Gasteiger partial charge in [0, 0.05) is 12.5 Å². The Bertz CT molecular complexity index is 1170. The van der Waals surface area contributed by atoms with Gasteiger partial charge in [0.2, 0.25) is 0 Å². The molecule has 4 heteroatoms. The fraction of sp³-hybridized carbons (Fsp3) is 0.344. The smallest absolute Gasteiger partial charge is 0.338 e. The summed E-state index contributed by atoms with van der Waals surface area (Å²) in [5.74, 6) is -2.12. The van der Waals surface area contributed by atoms with Gasteiger partial charge in [0.05, 0.1) is 16.8 Å². The number of nitrogens with zero attached hydrogens (tertiary/aromatic N) is 1. The molecule has 0 aromatic heterocycles. The number of aromatic carboxylic acids is 1. The van der Waals surface area contributed by atoms with Crippen molar-refractivity contribution in [3.05, 3.63) is 101 Å². The minimum Gasteiger partial charge on any atom is -0.478 e. The molecule has 1 atom stereocenters. The van der Waals surface area contributed by atoms with Crippen molar-refractivity contribution < 1.29 is 14.3 Å². The lowest BCUT2D eigenvalue weighted by Crippen LogP contribution is -2.46. The van der Waals surface area contributed by atoms with Crippen LogP contribution < -0.4 is 4.90 Å². The zero-order chi connectivity index (χ0) is 26.0. The van der Waals surface area contributed by atoms with Crippen LogP contribution in [0.1, 0.15) is 79.4 Å². The van der Waals surface area contributed by atoms with Crippen LogP contribution in [0.25, 0.3) is 0 Å². The number of carboxylic acids is 1. The summed E-state index contributed by atoms with van der Waals surface area (Å²) >= 11 is 0. The van der Waals surface area contributed by atoms with E-state index in [0.717, 1.165) is 49.7 Å². The molecule has 3 aromatic rings. The lowest BCUT2D eigenvalue weighted by atomic mass is 9.77. The normalized spacial score (nSPS) is 12.5. The van der Waals surface area contributed by atoms with E-state index in [0.29, 0.717) is 12.8 Å². The molecule has 0 aliphatic rings. The van der Waals surface area contributed by atoms with Gasteiger partial charge in [-0.15, -0.1) is 0 Å². The first-order valence-electron chi connectivity index (χ1n) is 12.9. The standard InChI is InChI=1S/C32H36FNO2/c1-4-7-12-23-32(24-26-15-10-9-11-16-26,27-21-19-25(20-22-27)14-8-5-2)34(6-3)29-18-13-17-28(30(29)33)31(35)36/h3,9-11,13,15-22H,4-5,7-8,12,14,23-24H2,1-2H3,(H,35,36). The second-order valence-electron chi connectivity index (χ2n) is 9.36. The third kappa shape index (κ3) is 6.15. The predicted octanol–water partition coefficient (Wildman–Crippen LogP) is 7.98. The van der Waals surface area contributed by atoms with E-state index in [1.54, 1.807) is 17.0 Å². The largest absolute Gasteiger partial charge is 0.478 e. The van der Waals surface area contributed by atoms with Crippen molar-refractivity contribution in [3.8, 4) is 12.5 Å². The molecule has 36 heavy (non-hydrogen) atoms. The van der Waals surface area contributed by atoms with Gasteiger partial charge in [0.1, 0.15) is 0 Å². The van der Waals surface area contributed by atoms with Crippen LogP contribution >= 0.6 is 0 Å². The molecule has 1 N–H and O–H groups in total. The van der Waals surface area contributed by atoms with E-state index in [9.17, 15) is 9.90 Å². The Morgan fingerprint density at radius 2 is 1.61 bits per heavy atom. The van der Waals surface area contributed by atoms with E-state index >= 15 is 4.39 Å². The summed E-state index contributed by atoms with van der Waals surface area (Å²) in [5.41, 5.74) is 2.31. The molecule has 0 heterocycles. The molecule has 0 saturated carbocycles. The molecule has 0 amide bonds. The van der Waals surface area contributed by atoms with Crippen LogP contribution in [0.2, 0.25) is 0 Å². The van der Waals surface area contributed by atoms with Gasteiger partial charge in [-0.25, -0.2) is 9.18 Å². The quantitative estimate of drug-likeness (QED) is 0.152. The van der Waals surface area contributed by atoms with Crippen molar-refractivity contribution >= 4 is 11.7 Å². The lowest BCUT2D eigenvalue weighted by Gasteiger charge is -2.43. The molecule has 3 nitrogen and oxygen atoms in total. The molecule has 0 radical (unpaired) electrons. The number of hydrogen-bond donors (Lipinski definition) is 1. The van der Waals surface area contributed by atoms with Crippen molar-refractivity contribution in [2.24, 2.45) is 0 Å². The number of carbonyl (C=O) groups is 1. The highest BCUT2D eigenvalue weighted by molar-refractivity contribution is 5.89. The van der Waals surface area contributed by atoms with Gasteiger partial charge >= 0.3 is 5.97 Å². The molecular formula is C32H36FNO2. The Kier molecular flexibility index (Phi) is 9.70. The van der Waals surface area contributed by atoms with Gasteiger partial charge in [0.15, 0.2) is 5.82 Å². The maximum atomic E-state index is 15.6. The highest BCUT2D eigenvalue weighted by Gasteiger charge is 2.40. The fourth-order valence-corrected chi connectivity index (χ4v) is 4.90. The van der Waals surface area contributed by atoms with E-state index < -0.39 is 17.3 Å². The average Bonchev–Trinajstić information content (AvgIpc) is 2.89. The molecule has 0 saturated heterocycles. The van der Waals surface area contributed by atoms with E-state index in [2.05, 4.69) is 56.3 Å². The van der Waals surface area contributed by atoms with Gasteiger partial charge in [-0.05, 0) is 48.1 Å². The maximum absolute atomic E-state index is 15.6. The summed E-state index contributed by atoms with van der Waals surface area (Å²) in [4.78, 5) is 13.4. The van der Waals surface area contributed by atoms with Gasteiger partial charge in [0.25, 0.3) is 0 Å². The van der Waals surface area contributed by atoms with E-state index in [4.69, 9.17) is 6.42 Å². The summed E-state index contributed by atoms with van der Waals surface area (Å²) < 4.78 is 15.6. The number of aryl methyl sites for hydroxylation is 1. The van der Waals surface area contributed by atoms with Crippen molar-refractivity contribution in [3.63, 3.8) is 0 Å². The van der Waals surface area contributed by atoms with Crippen molar-refractivity contribution in [2.45, 2.75) is 70.8 Å². The fourth-order valence-electron chi connectivity index (χ4n) is 4.90. The number of benzene rings is 3. The van der Waals surface area contributed by atoms with E-state index in [1.807, 2.05) is 18.2 Å². The first-order valence-corrected chi connectivity index (χ1v) is 12.9. The monoisotopic (exact) mass is 485 g/mol. The Morgan fingerprint density at radius 1 is 0.917 bits per heavy atom. The summed E-state index contributed by atoms with van der Waals surface area (Å²) in [6.45, 7) is 4.33. The molecule has 3 rings (SSSR count). The highest BCUT2D eigenvalue weighted by atomic mass is 19.1. The number of halogens is 1. The molecule has 0 aliphatic heterocycles. The van der Waals surface area contributed by atoms with E-state index in [1.165, 1.54) is 11.6 Å². The maximum Gasteiger partial charge on any atom is 0.338 e. The number of unbranched alkanes of at least 4 members (excludes halogenated alkanes) is 3. The molecule has 0 spiro atoms. The minimum atomic E-state index is -1.31. The third-order valence-corrected chi connectivity index (χ3v) is 6.85. The third-order valence-electron chi connectivity index (χ3n) is 6.85. The Hall–Kier alpha value is -3.58. The molecule has 3 aromatic carbocycles. The molecule has 0 fully saturated rings. The Morgan fingerprint density at radius 3 is 2.22 bits per heavy atom. The number of carboxylic acid groups (broad SMARTS) is 1. The van der Waals surface area contributed by atoms with Crippen LogP contribution in [-0.4, -0.2) is 11.1 Å². The van der Waals surface area contributed by atoms with Crippen LogP contribution in [-0.2, 0) is 18.4 Å². The number of rotatable bonds is 13. The predicted molar refractivity (Wildman–Crippen MR) is 146 cm³/mol. The summed E-state index contributed by atoms with van der Waals surface area (Å²) in [6.07, 6.45) is 13.6. The SMILES string of the molecule is C#CN(c1cccc(C(=O)O)c1F)C(CCCCC)(Cc1ccccc1)c1ccc(CCCC)cc1. The van der Waals surface area contributed by atoms with Crippen molar-refractivity contribution in [1.29, 1.82) is 0 Å². The minimum absolute atomic E-state index is 0.111. The van der Waals surface area contributed by atoms with Crippen molar-refractivity contribution in [2.75, 3.05) is 4.90 Å². The van der Waals surface area contributed by atoms with Gasteiger partial charge in [-0.2, -0.15) is 0 Å². The van der Waals surface area contributed by atoms with Crippen LogP contribution in [0.5, 0.6) is 0 Å². The molecular weight excluding hydrogens is 449 g/mol. The van der Waals surface area contributed by atoms with Crippen LogP contribution in [0.15, 0.2) is 72.8 Å². The summed E-state index contributed by atoms with van der Waals surface area (Å²) in [6, 6.07) is 25.8. The molecule has 0 aliphatic carbocycles. The van der Waals surface area contributed by atoms with Gasteiger partial charge in [-0.3, -0.25) is 4.90 Å². The second kappa shape index (κ2) is 12.9. The lowest BCUT2D eigenvalue weighted by molar-refractivity contribution is 0.0692. The number of terminal acetylenes is 1. The zero-order valence-corrected chi connectivity index (χ0v) is 21.3. The zero-order valence-electron chi connectivity index (χ0n) is 21.3. The number of anilines is 1. The topological polar surface area (TPSA) is 40.5 Å². The highest BCUT2D eigenvalue weighted by Crippen LogP contribution is 2.42.